The second kappa shape index (κ2) is 9.44. The molecule has 0 aromatic heterocycles. The fourth-order valence-corrected chi connectivity index (χ4v) is 1.46. The van der Waals surface area contributed by atoms with Crippen molar-refractivity contribution in [3.63, 3.8) is 0 Å². The van der Waals surface area contributed by atoms with Crippen LogP contribution in [0.15, 0.2) is 0 Å². The highest BCUT2D eigenvalue weighted by Crippen LogP contribution is 1.85. The first kappa shape index (κ1) is 13.9. The summed E-state index contributed by atoms with van der Waals surface area (Å²) >= 11 is 0. The van der Waals surface area contributed by atoms with Gasteiger partial charge >= 0.3 is 0 Å². The summed E-state index contributed by atoms with van der Waals surface area (Å²) in [6, 6.07) is 0. The van der Waals surface area contributed by atoms with Crippen LogP contribution in [0.25, 0.3) is 0 Å². The Hall–Kier alpha value is -0.120. The fraction of sp³-hybridized carbons (Fsp3) is 1.00. The Morgan fingerprint density at radius 2 is 1.29 bits per heavy atom. The molecule has 0 aliphatic rings. The largest absolute Gasteiger partial charge is 0.303 e. The molecule has 0 aliphatic heterocycles. The maximum atomic E-state index is 3.47. The number of nitrogens with zero attached hydrogens (tertiary/aromatic N) is 2. The minimum absolute atomic E-state index is 1.02. The molecular formula is C11H27N3. The highest BCUT2D eigenvalue weighted by molar-refractivity contribution is 4.56. The molecule has 0 aromatic carbocycles. The van der Waals surface area contributed by atoms with E-state index >= 15 is 0 Å². The first-order chi connectivity index (χ1) is 6.78. The van der Waals surface area contributed by atoms with Crippen LogP contribution in [0.2, 0.25) is 0 Å². The van der Waals surface area contributed by atoms with Gasteiger partial charge in [0.2, 0.25) is 0 Å². The number of hydrogen-bond donors (Lipinski definition) is 1. The summed E-state index contributed by atoms with van der Waals surface area (Å²) in [5, 5.41) is 3.47. The third-order valence-corrected chi connectivity index (χ3v) is 2.73. The van der Waals surface area contributed by atoms with E-state index in [0.29, 0.717) is 0 Å². The van der Waals surface area contributed by atoms with Gasteiger partial charge in [0.15, 0.2) is 0 Å². The van der Waals surface area contributed by atoms with E-state index in [9.17, 15) is 0 Å². The average Bonchev–Trinajstić information content (AvgIpc) is 2.24. The first-order valence-corrected chi connectivity index (χ1v) is 5.93. The molecule has 0 rings (SSSR count). The molecule has 0 spiro atoms. The Morgan fingerprint density at radius 3 is 1.71 bits per heavy atom. The molecule has 0 aliphatic carbocycles. The molecule has 0 unspecified atom stereocenters. The third kappa shape index (κ3) is 6.35. The van der Waals surface area contributed by atoms with Crippen LogP contribution in [0.5, 0.6) is 0 Å². The number of likely N-dealkylation sites (N-methyl/N-ethyl adjacent to an activating group) is 1. The number of hydrogen-bond acceptors (Lipinski definition) is 3. The molecule has 86 valence electrons. The van der Waals surface area contributed by atoms with Crippen molar-refractivity contribution in [1.29, 1.82) is 0 Å². The van der Waals surface area contributed by atoms with Crippen LogP contribution in [0.4, 0.5) is 0 Å². The number of rotatable bonds is 9. The van der Waals surface area contributed by atoms with Gasteiger partial charge in [-0.1, -0.05) is 27.7 Å². The van der Waals surface area contributed by atoms with Gasteiger partial charge in [-0.3, -0.25) is 4.90 Å². The number of nitrogens with one attached hydrogen (secondary N) is 1. The summed E-state index contributed by atoms with van der Waals surface area (Å²) in [4.78, 5) is 4.83. The van der Waals surface area contributed by atoms with Crippen LogP contribution in [-0.4, -0.2) is 55.7 Å². The summed E-state index contributed by atoms with van der Waals surface area (Å²) in [6.45, 7) is 16.7. The molecule has 0 atom stereocenters. The van der Waals surface area contributed by atoms with Gasteiger partial charge in [-0.15, -0.1) is 0 Å². The minimum Gasteiger partial charge on any atom is -0.303 e. The lowest BCUT2D eigenvalue weighted by Crippen LogP contribution is -2.38. The van der Waals surface area contributed by atoms with E-state index in [0.717, 1.165) is 45.9 Å². The lowest BCUT2D eigenvalue weighted by Gasteiger charge is -2.21. The van der Waals surface area contributed by atoms with Crippen LogP contribution in [0, 0.1) is 0 Å². The highest BCUT2D eigenvalue weighted by atomic mass is 15.2. The average molecular weight is 201 g/mol. The van der Waals surface area contributed by atoms with Crippen LogP contribution in [0.3, 0.4) is 0 Å². The van der Waals surface area contributed by atoms with E-state index in [-0.39, 0.29) is 0 Å². The Morgan fingerprint density at radius 1 is 0.786 bits per heavy atom. The van der Waals surface area contributed by atoms with Crippen LogP contribution >= 0.6 is 0 Å². The lowest BCUT2D eigenvalue weighted by molar-refractivity contribution is 0.256. The molecule has 3 heteroatoms. The van der Waals surface area contributed by atoms with E-state index in [1.807, 2.05) is 0 Å². The van der Waals surface area contributed by atoms with Gasteiger partial charge in [0, 0.05) is 19.8 Å². The van der Waals surface area contributed by atoms with E-state index in [4.69, 9.17) is 0 Å². The van der Waals surface area contributed by atoms with Crippen molar-refractivity contribution < 1.29 is 0 Å². The van der Waals surface area contributed by atoms with Crippen LogP contribution in [-0.2, 0) is 0 Å². The molecule has 0 bridgehead atoms. The lowest BCUT2D eigenvalue weighted by atomic mass is 10.4. The van der Waals surface area contributed by atoms with Crippen molar-refractivity contribution in [2.45, 2.75) is 27.7 Å². The molecule has 1 N–H and O–H groups in total. The summed E-state index contributed by atoms with van der Waals surface area (Å²) in [6.07, 6.45) is 0. The van der Waals surface area contributed by atoms with E-state index < -0.39 is 0 Å². The Kier molecular flexibility index (Phi) is 9.35. The predicted octanol–water partition coefficient (Wildman–Crippen LogP) is 1.22. The first-order valence-electron chi connectivity index (χ1n) is 5.93. The Balaban J connectivity index is 3.35. The second-order valence-electron chi connectivity index (χ2n) is 3.49. The summed E-state index contributed by atoms with van der Waals surface area (Å²) < 4.78 is 0. The molecule has 0 aromatic rings. The Bertz CT molecular complexity index is 95.1. The Labute approximate surface area is 89.5 Å². The van der Waals surface area contributed by atoms with Crippen molar-refractivity contribution in [1.82, 2.24) is 15.1 Å². The fourth-order valence-electron chi connectivity index (χ4n) is 1.46. The predicted molar refractivity (Wildman–Crippen MR) is 63.6 cm³/mol. The van der Waals surface area contributed by atoms with Crippen molar-refractivity contribution >= 4 is 0 Å². The monoisotopic (exact) mass is 201 g/mol. The summed E-state index contributed by atoms with van der Waals surface area (Å²) in [5.41, 5.74) is 0. The van der Waals surface area contributed by atoms with Gasteiger partial charge in [0.05, 0.1) is 0 Å². The molecular weight excluding hydrogens is 174 g/mol. The smallest absolute Gasteiger partial charge is 0.0480 e. The van der Waals surface area contributed by atoms with Crippen molar-refractivity contribution in [2.24, 2.45) is 0 Å². The molecule has 0 heterocycles. The summed E-state index contributed by atoms with van der Waals surface area (Å²) in [7, 11) is 0. The van der Waals surface area contributed by atoms with Crippen molar-refractivity contribution in [3.05, 3.63) is 0 Å². The molecule has 0 saturated carbocycles. The maximum absolute atomic E-state index is 3.47. The molecule has 0 saturated heterocycles. The van der Waals surface area contributed by atoms with E-state index in [1.165, 1.54) is 0 Å². The zero-order valence-electron chi connectivity index (χ0n) is 10.3. The normalized spacial score (nSPS) is 11.6. The molecule has 0 fully saturated rings. The molecule has 0 amide bonds. The maximum Gasteiger partial charge on any atom is 0.0480 e. The molecule has 0 radical (unpaired) electrons. The molecule has 14 heavy (non-hydrogen) atoms. The topological polar surface area (TPSA) is 18.5 Å². The van der Waals surface area contributed by atoms with Gasteiger partial charge in [-0.05, 0) is 26.2 Å². The van der Waals surface area contributed by atoms with Crippen molar-refractivity contribution in [2.75, 3.05) is 45.9 Å². The SMILES string of the molecule is CCN(CC)CCNCN(CC)CC. The quantitative estimate of drug-likeness (QED) is 0.447. The zero-order valence-corrected chi connectivity index (χ0v) is 10.3. The van der Waals surface area contributed by atoms with Crippen LogP contribution in [0.1, 0.15) is 27.7 Å². The van der Waals surface area contributed by atoms with Crippen LogP contribution < -0.4 is 5.32 Å². The van der Waals surface area contributed by atoms with Gasteiger partial charge in [-0.25, -0.2) is 0 Å². The zero-order chi connectivity index (χ0) is 10.8. The van der Waals surface area contributed by atoms with Crippen molar-refractivity contribution in [3.8, 4) is 0 Å². The third-order valence-electron chi connectivity index (χ3n) is 2.73. The van der Waals surface area contributed by atoms with Gasteiger partial charge in [-0.2, -0.15) is 0 Å². The molecule has 3 nitrogen and oxygen atoms in total. The minimum atomic E-state index is 1.02. The second-order valence-corrected chi connectivity index (χ2v) is 3.49. The van der Waals surface area contributed by atoms with Gasteiger partial charge < -0.3 is 10.2 Å². The standard InChI is InChI=1S/C11H27N3/c1-5-13(6-2)10-9-12-11-14(7-3)8-4/h12H,5-11H2,1-4H3. The van der Waals surface area contributed by atoms with Gasteiger partial charge in [0.1, 0.15) is 0 Å². The van der Waals surface area contributed by atoms with E-state index in [2.05, 4.69) is 42.8 Å². The van der Waals surface area contributed by atoms with Gasteiger partial charge in [0.25, 0.3) is 0 Å². The summed E-state index contributed by atoms with van der Waals surface area (Å²) in [5.74, 6) is 0. The highest BCUT2D eigenvalue weighted by Gasteiger charge is 1.99. The van der Waals surface area contributed by atoms with E-state index in [1.54, 1.807) is 0 Å².